The number of hydrogen-bond donors (Lipinski definition) is 1. The van der Waals surface area contributed by atoms with Gasteiger partial charge in [0.15, 0.2) is 0 Å². The number of aryl methyl sites for hydroxylation is 1. The van der Waals surface area contributed by atoms with Gasteiger partial charge in [-0.3, -0.25) is 4.79 Å². The number of carbonyl (C=O) groups excluding carboxylic acids is 1. The third kappa shape index (κ3) is 3.58. The maximum atomic E-state index is 12.3. The number of imidazole rings is 1. The Hall–Kier alpha value is -3.08. The summed E-state index contributed by atoms with van der Waals surface area (Å²) in [5.74, 6) is 1.20. The van der Waals surface area contributed by atoms with Crippen LogP contribution in [-0.4, -0.2) is 15.5 Å². The van der Waals surface area contributed by atoms with Gasteiger partial charge in [0.25, 0.3) is 0 Å². The van der Waals surface area contributed by atoms with Crippen LogP contribution in [0, 0.1) is 0 Å². The Morgan fingerprint density at radius 1 is 1.26 bits per heavy atom. The molecule has 2 aromatic heterocycles. The molecule has 116 valence electrons. The molecule has 0 fully saturated rings. The lowest BCUT2D eigenvalue weighted by molar-refractivity contribution is -0.117. The summed E-state index contributed by atoms with van der Waals surface area (Å²) in [6.07, 6.45) is 8.23. The molecule has 1 aromatic carbocycles. The molecule has 0 bridgehead atoms. The summed E-state index contributed by atoms with van der Waals surface area (Å²) in [6.45, 7) is 0. The lowest BCUT2D eigenvalue weighted by Crippen LogP contribution is -2.29. The standard InChI is InChI=1S/C18H17N3O2/c1-21-12-11-19-18(21)17(14-6-3-2-4-7-14)20-16(22)10-9-15-8-5-13-23-15/h2-13,17H,1H3,(H,20,22). The largest absolute Gasteiger partial charge is 0.465 e. The number of nitrogens with zero attached hydrogens (tertiary/aromatic N) is 2. The Labute approximate surface area is 134 Å². The van der Waals surface area contributed by atoms with Crippen LogP contribution in [0.3, 0.4) is 0 Å². The molecule has 0 saturated carbocycles. The lowest BCUT2D eigenvalue weighted by atomic mass is 10.1. The highest BCUT2D eigenvalue weighted by Gasteiger charge is 2.19. The van der Waals surface area contributed by atoms with Crippen LogP contribution in [0.15, 0.2) is 71.6 Å². The van der Waals surface area contributed by atoms with Crippen molar-refractivity contribution in [3.05, 3.63) is 84.3 Å². The number of nitrogens with one attached hydrogen (secondary N) is 1. The van der Waals surface area contributed by atoms with Crippen molar-refractivity contribution in [1.82, 2.24) is 14.9 Å². The first-order valence-electron chi connectivity index (χ1n) is 7.28. The Balaban J connectivity index is 1.82. The zero-order valence-corrected chi connectivity index (χ0v) is 12.7. The number of amides is 1. The highest BCUT2D eigenvalue weighted by molar-refractivity contribution is 5.91. The van der Waals surface area contributed by atoms with E-state index < -0.39 is 0 Å². The van der Waals surface area contributed by atoms with Crippen LogP contribution < -0.4 is 5.32 Å². The van der Waals surface area contributed by atoms with Crippen molar-refractivity contribution in [1.29, 1.82) is 0 Å². The second-order valence-electron chi connectivity index (χ2n) is 5.10. The van der Waals surface area contributed by atoms with Crippen molar-refractivity contribution in [3.8, 4) is 0 Å². The van der Waals surface area contributed by atoms with Crippen molar-refractivity contribution in [3.63, 3.8) is 0 Å². The van der Waals surface area contributed by atoms with E-state index in [4.69, 9.17) is 4.42 Å². The minimum Gasteiger partial charge on any atom is -0.465 e. The lowest BCUT2D eigenvalue weighted by Gasteiger charge is -2.18. The summed E-state index contributed by atoms with van der Waals surface area (Å²) < 4.78 is 7.08. The van der Waals surface area contributed by atoms with Crippen molar-refractivity contribution in [2.45, 2.75) is 6.04 Å². The zero-order chi connectivity index (χ0) is 16.1. The van der Waals surface area contributed by atoms with E-state index in [1.165, 1.54) is 6.08 Å². The first kappa shape index (κ1) is 14.8. The molecule has 5 nitrogen and oxygen atoms in total. The molecule has 1 N–H and O–H groups in total. The third-order valence-electron chi connectivity index (χ3n) is 3.48. The van der Waals surface area contributed by atoms with E-state index in [-0.39, 0.29) is 11.9 Å². The van der Waals surface area contributed by atoms with Gasteiger partial charge < -0.3 is 14.3 Å². The van der Waals surface area contributed by atoms with E-state index in [0.29, 0.717) is 5.76 Å². The fourth-order valence-corrected chi connectivity index (χ4v) is 2.33. The molecule has 0 aliphatic rings. The van der Waals surface area contributed by atoms with E-state index >= 15 is 0 Å². The highest BCUT2D eigenvalue weighted by atomic mass is 16.3. The molecule has 1 atom stereocenters. The van der Waals surface area contributed by atoms with Gasteiger partial charge in [-0.2, -0.15) is 0 Å². The van der Waals surface area contributed by atoms with Crippen molar-refractivity contribution in [2.24, 2.45) is 7.05 Å². The summed E-state index contributed by atoms with van der Waals surface area (Å²) >= 11 is 0. The summed E-state index contributed by atoms with van der Waals surface area (Å²) in [5, 5.41) is 2.99. The molecule has 23 heavy (non-hydrogen) atoms. The number of hydrogen-bond acceptors (Lipinski definition) is 3. The van der Waals surface area contributed by atoms with Gasteiger partial charge in [-0.05, 0) is 23.8 Å². The number of carbonyl (C=O) groups is 1. The summed E-state index contributed by atoms with van der Waals surface area (Å²) in [4.78, 5) is 16.6. The molecule has 1 amide bonds. The molecular formula is C18H17N3O2. The van der Waals surface area contributed by atoms with E-state index in [0.717, 1.165) is 11.4 Å². The van der Waals surface area contributed by atoms with E-state index in [9.17, 15) is 4.79 Å². The van der Waals surface area contributed by atoms with Gasteiger partial charge >= 0.3 is 0 Å². The van der Waals surface area contributed by atoms with Crippen LogP contribution in [0.25, 0.3) is 6.08 Å². The van der Waals surface area contributed by atoms with Crippen molar-refractivity contribution >= 4 is 12.0 Å². The van der Waals surface area contributed by atoms with Gasteiger partial charge in [-0.15, -0.1) is 0 Å². The molecule has 0 radical (unpaired) electrons. The SMILES string of the molecule is Cn1ccnc1C(NC(=O)C=Cc1ccco1)c1ccccc1. The van der Waals surface area contributed by atoms with Gasteiger partial charge in [-0.25, -0.2) is 4.98 Å². The maximum Gasteiger partial charge on any atom is 0.244 e. The van der Waals surface area contributed by atoms with Crippen LogP contribution in [0.5, 0.6) is 0 Å². The van der Waals surface area contributed by atoms with Crippen LogP contribution in [-0.2, 0) is 11.8 Å². The minimum atomic E-state index is -0.315. The fourth-order valence-electron chi connectivity index (χ4n) is 2.33. The maximum absolute atomic E-state index is 12.3. The summed E-state index contributed by atoms with van der Waals surface area (Å²) in [5.41, 5.74) is 0.974. The van der Waals surface area contributed by atoms with E-state index in [2.05, 4.69) is 10.3 Å². The molecule has 1 unspecified atom stereocenters. The Bertz CT molecular complexity index is 789. The van der Waals surface area contributed by atoms with Crippen molar-refractivity contribution in [2.75, 3.05) is 0 Å². The Kier molecular flexibility index (Phi) is 4.38. The average Bonchev–Trinajstić information content (AvgIpc) is 3.23. The number of rotatable bonds is 5. The molecule has 2 heterocycles. The normalized spacial score (nSPS) is 12.4. The van der Waals surface area contributed by atoms with Crippen molar-refractivity contribution < 1.29 is 9.21 Å². The minimum absolute atomic E-state index is 0.210. The Morgan fingerprint density at radius 3 is 2.74 bits per heavy atom. The van der Waals surface area contributed by atoms with Gasteiger partial charge in [0.1, 0.15) is 17.6 Å². The van der Waals surface area contributed by atoms with Crippen LogP contribution in [0.4, 0.5) is 0 Å². The summed E-state index contributed by atoms with van der Waals surface area (Å²) in [7, 11) is 1.91. The smallest absolute Gasteiger partial charge is 0.244 e. The number of benzene rings is 1. The van der Waals surface area contributed by atoms with E-state index in [1.54, 1.807) is 30.7 Å². The van der Waals surface area contributed by atoms with Gasteiger partial charge in [0.05, 0.1) is 6.26 Å². The summed E-state index contributed by atoms with van der Waals surface area (Å²) in [6, 6.07) is 13.0. The quantitative estimate of drug-likeness (QED) is 0.737. The van der Waals surface area contributed by atoms with Crippen LogP contribution >= 0.6 is 0 Å². The molecule has 0 aliphatic carbocycles. The molecule has 0 aliphatic heterocycles. The molecule has 3 aromatic rings. The zero-order valence-electron chi connectivity index (χ0n) is 12.7. The first-order valence-corrected chi connectivity index (χ1v) is 7.28. The molecule has 0 saturated heterocycles. The molecular weight excluding hydrogens is 290 g/mol. The first-order chi connectivity index (χ1) is 11.2. The monoisotopic (exact) mass is 307 g/mol. The second-order valence-corrected chi connectivity index (χ2v) is 5.10. The molecule has 0 spiro atoms. The van der Waals surface area contributed by atoms with E-state index in [1.807, 2.05) is 48.1 Å². The van der Waals surface area contributed by atoms with Gasteiger partial charge in [0.2, 0.25) is 5.91 Å². The molecule has 5 heteroatoms. The average molecular weight is 307 g/mol. The predicted octanol–water partition coefficient (Wildman–Crippen LogP) is 2.93. The number of aromatic nitrogens is 2. The second kappa shape index (κ2) is 6.79. The predicted molar refractivity (Wildman–Crippen MR) is 87.4 cm³/mol. The third-order valence-corrected chi connectivity index (χ3v) is 3.48. The fraction of sp³-hybridized carbons (Fsp3) is 0.111. The molecule has 3 rings (SSSR count). The topological polar surface area (TPSA) is 60.1 Å². The number of furan rings is 1. The van der Waals surface area contributed by atoms with Crippen LogP contribution in [0.2, 0.25) is 0 Å². The highest BCUT2D eigenvalue weighted by Crippen LogP contribution is 2.20. The van der Waals surface area contributed by atoms with Crippen LogP contribution in [0.1, 0.15) is 23.2 Å². The van der Waals surface area contributed by atoms with Gasteiger partial charge in [-0.1, -0.05) is 30.3 Å². The van der Waals surface area contributed by atoms with Gasteiger partial charge in [0, 0.05) is 25.5 Å². The Morgan fingerprint density at radius 2 is 2.09 bits per heavy atom.